The van der Waals surface area contributed by atoms with Gasteiger partial charge in [0.2, 0.25) is 0 Å². The molecule has 0 atom stereocenters. The maximum Gasteiger partial charge on any atom is 0.313 e. The summed E-state index contributed by atoms with van der Waals surface area (Å²) >= 11 is 16.4. The standard InChI is InChI=1S/C6HCl3N2O4.C2H3N3/c7-2-1-3(8)6(11(14)15)4(9)5(2)10(12)13;1-3-2-5-4-1/h1H;1-2H,(H,3,4,5). The molecular weight excluding hydrogens is 336 g/mol. The van der Waals surface area contributed by atoms with Gasteiger partial charge in [-0.2, -0.15) is 5.10 Å². The molecule has 0 aliphatic heterocycles. The number of benzene rings is 1. The number of H-pyrrole nitrogens is 1. The van der Waals surface area contributed by atoms with Gasteiger partial charge in [-0.3, -0.25) is 25.3 Å². The van der Waals surface area contributed by atoms with Gasteiger partial charge < -0.3 is 0 Å². The maximum absolute atomic E-state index is 10.5. The van der Waals surface area contributed by atoms with Gasteiger partial charge in [-0.05, 0) is 6.07 Å². The van der Waals surface area contributed by atoms with E-state index in [1.54, 1.807) is 0 Å². The monoisotopic (exact) mass is 339 g/mol. The van der Waals surface area contributed by atoms with E-state index in [1.807, 2.05) is 0 Å². The molecule has 0 amide bonds. The van der Waals surface area contributed by atoms with Crippen LogP contribution in [0.15, 0.2) is 18.7 Å². The molecule has 0 aliphatic rings. The lowest BCUT2D eigenvalue weighted by atomic mass is 10.3. The molecule has 0 saturated heterocycles. The van der Waals surface area contributed by atoms with Crippen molar-refractivity contribution in [3.05, 3.63) is 54.0 Å². The summed E-state index contributed by atoms with van der Waals surface area (Å²) in [5.74, 6) is 0. The normalized spacial score (nSPS) is 9.55. The van der Waals surface area contributed by atoms with Crippen molar-refractivity contribution < 1.29 is 9.85 Å². The van der Waals surface area contributed by atoms with E-state index in [0.717, 1.165) is 6.07 Å². The number of nitrogens with zero attached hydrogens (tertiary/aromatic N) is 4. The molecular formula is C8H4Cl3N5O4. The van der Waals surface area contributed by atoms with Crippen molar-refractivity contribution in [1.29, 1.82) is 0 Å². The molecule has 106 valence electrons. The van der Waals surface area contributed by atoms with Crippen LogP contribution >= 0.6 is 34.8 Å². The lowest BCUT2D eigenvalue weighted by Crippen LogP contribution is -1.96. The molecule has 12 heteroatoms. The molecule has 0 unspecified atom stereocenters. The van der Waals surface area contributed by atoms with Crippen LogP contribution in [0.4, 0.5) is 11.4 Å². The average Bonchev–Trinajstić information content (AvgIpc) is 2.84. The smallest absolute Gasteiger partial charge is 0.266 e. The van der Waals surface area contributed by atoms with Gasteiger partial charge in [0, 0.05) is 0 Å². The molecule has 0 radical (unpaired) electrons. The predicted octanol–water partition coefficient (Wildman–Crippen LogP) is 3.27. The third-order valence-corrected chi connectivity index (χ3v) is 2.75. The van der Waals surface area contributed by atoms with E-state index in [1.165, 1.54) is 12.7 Å². The van der Waals surface area contributed by atoms with Crippen LogP contribution in [0.3, 0.4) is 0 Å². The number of nitrogens with one attached hydrogen (secondary N) is 1. The fraction of sp³-hybridized carbons (Fsp3) is 0. The zero-order chi connectivity index (χ0) is 15.3. The second kappa shape index (κ2) is 6.98. The summed E-state index contributed by atoms with van der Waals surface area (Å²) in [4.78, 5) is 22.7. The van der Waals surface area contributed by atoms with Gasteiger partial charge in [0.25, 0.3) is 0 Å². The van der Waals surface area contributed by atoms with Gasteiger partial charge >= 0.3 is 11.4 Å². The second-order valence-electron chi connectivity index (χ2n) is 3.02. The quantitative estimate of drug-likeness (QED) is 0.660. The van der Waals surface area contributed by atoms with Crippen LogP contribution in [0.25, 0.3) is 0 Å². The number of aromatic nitrogens is 3. The van der Waals surface area contributed by atoms with E-state index in [2.05, 4.69) is 15.2 Å². The minimum absolute atomic E-state index is 0.347. The summed E-state index contributed by atoms with van der Waals surface area (Å²) in [6, 6.07) is 0.908. The topological polar surface area (TPSA) is 128 Å². The zero-order valence-electron chi connectivity index (χ0n) is 9.29. The van der Waals surface area contributed by atoms with E-state index in [4.69, 9.17) is 34.8 Å². The summed E-state index contributed by atoms with van der Waals surface area (Å²) in [5.41, 5.74) is -1.45. The first-order chi connectivity index (χ1) is 9.36. The Labute approximate surface area is 125 Å². The molecule has 2 aromatic rings. The first-order valence-corrected chi connectivity index (χ1v) is 5.74. The highest BCUT2D eigenvalue weighted by molar-refractivity contribution is 6.43. The molecule has 1 aromatic carbocycles. The maximum atomic E-state index is 10.5. The average molecular weight is 341 g/mol. The molecule has 0 bridgehead atoms. The van der Waals surface area contributed by atoms with Crippen molar-refractivity contribution in [2.45, 2.75) is 0 Å². The van der Waals surface area contributed by atoms with Gasteiger partial charge in [-0.15, -0.1) is 0 Å². The summed E-state index contributed by atoms with van der Waals surface area (Å²) in [6.07, 6.45) is 2.96. The number of aromatic amines is 1. The van der Waals surface area contributed by atoms with Crippen LogP contribution in [0, 0.1) is 20.2 Å². The number of hydrogen-bond donors (Lipinski definition) is 1. The molecule has 0 spiro atoms. The lowest BCUT2D eigenvalue weighted by Gasteiger charge is -2.01. The van der Waals surface area contributed by atoms with Gasteiger partial charge in [0.15, 0.2) is 5.02 Å². The van der Waals surface area contributed by atoms with Crippen molar-refractivity contribution in [3.63, 3.8) is 0 Å². The Bertz CT molecular complexity index is 578. The van der Waals surface area contributed by atoms with Gasteiger partial charge in [0.1, 0.15) is 22.7 Å². The highest BCUT2D eigenvalue weighted by Gasteiger charge is 2.30. The Morgan fingerprint density at radius 2 is 1.55 bits per heavy atom. The number of nitro groups is 2. The first kappa shape index (κ1) is 16.1. The van der Waals surface area contributed by atoms with Crippen LogP contribution in [0.1, 0.15) is 0 Å². The molecule has 1 heterocycles. The van der Waals surface area contributed by atoms with Crippen molar-refractivity contribution in [2.75, 3.05) is 0 Å². The minimum atomic E-state index is -0.909. The fourth-order valence-corrected chi connectivity index (χ4v) is 2.11. The molecule has 1 aromatic heterocycles. The van der Waals surface area contributed by atoms with Crippen LogP contribution < -0.4 is 0 Å². The van der Waals surface area contributed by atoms with E-state index in [0.29, 0.717) is 0 Å². The van der Waals surface area contributed by atoms with Gasteiger partial charge in [-0.25, -0.2) is 4.98 Å². The number of rotatable bonds is 2. The number of hydrogen-bond acceptors (Lipinski definition) is 6. The van der Waals surface area contributed by atoms with Crippen molar-refractivity contribution in [2.24, 2.45) is 0 Å². The number of nitro benzene ring substituents is 2. The Balaban J connectivity index is 0.000000333. The minimum Gasteiger partial charge on any atom is -0.266 e. The molecule has 2 rings (SSSR count). The summed E-state index contributed by atoms with van der Waals surface area (Å²) in [5, 5.41) is 25.6. The van der Waals surface area contributed by atoms with E-state index in [9.17, 15) is 20.2 Å². The number of halogens is 3. The van der Waals surface area contributed by atoms with Crippen molar-refractivity contribution >= 4 is 46.2 Å². The Morgan fingerprint density at radius 1 is 1.05 bits per heavy atom. The molecule has 9 nitrogen and oxygen atoms in total. The lowest BCUT2D eigenvalue weighted by molar-refractivity contribution is -0.393. The third kappa shape index (κ3) is 3.76. The van der Waals surface area contributed by atoms with Gasteiger partial charge in [0.05, 0.1) is 9.85 Å². The van der Waals surface area contributed by atoms with Crippen LogP contribution in [-0.2, 0) is 0 Å². The van der Waals surface area contributed by atoms with Gasteiger partial charge in [-0.1, -0.05) is 34.8 Å². The molecule has 0 saturated carbocycles. The Hall–Kier alpha value is -1.97. The van der Waals surface area contributed by atoms with Crippen LogP contribution in [0.5, 0.6) is 0 Å². The van der Waals surface area contributed by atoms with Crippen LogP contribution in [-0.4, -0.2) is 25.0 Å². The zero-order valence-corrected chi connectivity index (χ0v) is 11.6. The van der Waals surface area contributed by atoms with E-state index in [-0.39, 0.29) is 10.0 Å². The summed E-state index contributed by atoms with van der Waals surface area (Å²) in [7, 11) is 0. The SMILES string of the molecule is O=[N+]([O-])c1c(Cl)cc(Cl)c([N+](=O)[O-])c1Cl.c1nc[nH]n1. The first-order valence-electron chi connectivity index (χ1n) is 4.61. The molecule has 0 fully saturated rings. The van der Waals surface area contributed by atoms with Crippen molar-refractivity contribution in [3.8, 4) is 0 Å². The van der Waals surface area contributed by atoms with E-state index >= 15 is 0 Å². The van der Waals surface area contributed by atoms with E-state index < -0.39 is 26.2 Å². The highest BCUT2D eigenvalue weighted by atomic mass is 35.5. The third-order valence-electron chi connectivity index (χ3n) is 1.82. The van der Waals surface area contributed by atoms with Crippen LogP contribution in [0.2, 0.25) is 15.1 Å². The largest absolute Gasteiger partial charge is 0.313 e. The molecule has 0 aliphatic carbocycles. The molecule has 20 heavy (non-hydrogen) atoms. The fourth-order valence-electron chi connectivity index (χ4n) is 1.07. The Morgan fingerprint density at radius 3 is 1.80 bits per heavy atom. The second-order valence-corrected chi connectivity index (χ2v) is 4.21. The summed E-state index contributed by atoms with van der Waals surface area (Å²) < 4.78 is 0. The Kier molecular flexibility index (Phi) is 5.62. The predicted molar refractivity (Wildman–Crippen MR) is 71.2 cm³/mol. The van der Waals surface area contributed by atoms with Crippen molar-refractivity contribution in [1.82, 2.24) is 15.2 Å². The molecule has 1 N–H and O–H groups in total. The summed E-state index contributed by atoms with van der Waals surface area (Å²) in [6.45, 7) is 0. The highest BCUT2D eigenvalue weighted by Crippen LogP contribution is 2.43.